The molecule has 4 aromatic heterocycles. The number of carboxylic acid groups (broad SMARTS) is 1. The second-order valence-corrected chi connectivity index (χ2v) is 26.0. The summed E-state index contributed by atoms with van der Waals surface area (Å²) in [5, 5.41) is 12.0. The fraction of sp³-hybridized carbons (Fsp3) is 0.136. The van der Waals surface area contributed by atoms with Gasteiger partial charge in [-0.25, -0.2) is 67.1 Å². The topological polar surface area (TPSA) is 235 Å². The van der Waals surface area contributed by atoms with Crippen LogP contribution in [0.2, 0.25) is 0 Å². The lowest BCUT2D eigenvalue weighted by Gasteiger charge is -2.10. The molecule has 1 amide bonds. The zero-order valence-electron chi connectivity index (χ0n) is 50.8. The van der Waals surface area contributed by atoms with Gasteiger partial charge in [0.05, 0.1) is 45.8 Å². The van der Waals surface area contributed by atoms with E-state index in [0.717, 1.165) is 85.2 Å². The van der Waals surface area contributed by atoms with Crippen molar-refractivity contribution in [2.45, 2.75) is 44.2 Å². The van der Waals surface area contributed by atoms with Crippen LogP contribution in [0.4, 0.5) is 58.4 Å². The molecule has 0 bridgehead atoms. The Hall–Kier alpha value is -8.25. The third kappa shape index (κ3) is 22.1. The maximum atomic E-state index is 13.5. The van der Waals surface area contributed by atoms with Crippen LogP contribution in [-0.2, 0) is 45.7 Å². The summed E-state index contributed by atoms with van der Waals surface area (Å²) in [5.74, 6) is -19.8. The number of methoxy groups -OCH3 is 2. The molecule has 0 atom stereocenters. The highest BCUT2D eigenvalue weighted by molar-refractivity contribution is 14.1. The molecule has 9 aromatic rings. The second-order valence-electron chi connectivity index (χ2n) is 20.5. The fourth-order valence-corrected chi connectivity index (χ4v) is 11.5. The Labute approximate surface area is 618 Å². The van der Waals surface area contributed by atoms with Gasteiger partial charge in [-0.2, -0.15) is 0 Å². The molecule has 0 saturated carbocycles. The standard InChI is InChI=1S/C25H18F3IN2O3.C14H9F3INO3.C13H7F3INO3.C7H4BrF3.C7H6INO3/c26-19-7-15(8-20(27)24(19)28)12-31-13-17(29)11-18(25(31)34)22(32)4-2-1-3-14-5-6-16-10-23(33)30-21(16)9-14;1-22-14(21)9-4-8(18)6-19(13(9)20)5-7-2-10(15)12(17)11(16)3-7;14-9-1-6(2-10(15)11(9)16)4-18-5-7(17)3-8(12(18)19)13(20)21;8-3-4-1-5(9)7(11)6(10)2-4;1-12-7(11)5-2-4(8)3-9-6(5)10/h1,3,5-9,11,13H,2,4,10,12H2,(H,30,33);2-4,6H,5H2,1H3;1-3,5H,4H2,(H,20,21);1-2H,3H2;2-3H,1H3,(H,9,10)/b3-1+;;;;. The van der Waals surface area contributed by atoms with Crippen LogP contribution in [0, 0.1) is 84.1 Å². The van der Waals surface area contributed by atoms with Crippen molar-refractivity contribution < 1.29 is 91.2 Å². The molecule has 0 aliphatic carbocycles. The van der Waals surface area contributed by atoms with Gasteiger partial charge in [-0.05, 0) is 209 Å². The van der Waals surface area contributed by atoms with E-state index < -0.39 is 116 Å². The number of fused-ring (bicyclic) bond motifs is 1. The number of carbonyl (C=O) groups is 5. The first-order chi connectivity index (χ1) is 47.1. The van der Waals surface area contributed by atoms with E-state index in [2.05, 4.69) is 35.7 Å². The number of carboxylic acids is 1. The lowest BCUT2D eigenvalue weighted by Crippen LogP contribution is -2.27. The number of hydrogen-bond donors (Lipinski definition) is 3. The molecule has 0 fully saturated rings. The van der Waals surface area contributed by atoms with Crippen molar-refractivity contribution in [3.8, 4) is 0 Å². The number of ether oxygens (including phenoxy) is 2. The molecule has 10 rings (SSSR count). The van der Waals surface area contributed by atoms with Crippen molar-refractivity contribution in [3.63, 3.8) is 0 Å². The van der Waals surface area contributed by atoms with E-state index >= 15 is 0 Å². The summed E-state index contributed by atoms with van der Waals surface area (Å²) in [5.41, 5.74) is -0.0419. The van der Waals surface area contributed by atoms with E-state index in [1.54, 1.807) is 0 Å². The molecule has 5 aromatic carbocycles. The molecule has 1 aliphatic heterocycles. The summed E-state index contributed by atoms with van der Waals surface area (Å²) in [6.07, 6.45) is 10.2. The number of alkyl halides is 1. The minimum atomic E-state index is -1.60. The first kappa shape index (κ1) is 80.7. The van der Waals surface area contributed by atoms with Crippen molar-refractivity contribution in [2.75, 3.05) is 19.5 Å². The lowest BCUT2D eigenvalue weighted by molar-refractivity contribution is -0.115. The molecule has 34 heteroatoms. The van der Waals surface area contributed by atoms with Gasteiger partial charge in [-0.3, -0.25) is 28.8 Å². The number of Topliss-reactive ketones (excluding diaryl/α,β-unsaturated/α-hetero) is 1. The zero-order valence-corrected chi connectivity index (χ0v) is 61.0. The number of rotatable bonds is 15. The highest BCUT2D eigenvalue weighted by Gasteiger charge is 2.21. The summed E-state index contributed by atoms with van der Waals surface area (Å²) in [6, 6.07) is 17.8. The molecular weight excluding hydrogens is 1870 g/mol. The number of nitrogens with one attached hydrogen (secondary N) is 2. The molecule has 0 unspecified atom stereocenters. The van der Waals surface area contributed by atoms with Crippen LogP contribution in [0.25, 0.3) is 6.08 Å². The van der Waals surface area contributed by atoms with Crippen LogP contribution in [-0.4, -0.2) is 67.6 Å². The first-order valence-corrected chi connectivity index (χ1v) is 33.3. The van der Waals surface area contributed by atoms with Crippen molar-refractivity contribution in [1.82, 2.24) is 18.7 Å². The number of ketones is 1. The van der Waals surface area contributed by atoms with Crippen molar-refractivity contribution in [1.29, 1.82) is 0 Å². The number of H-pyrrole nitrogens is 1. The number of hydrogen-bond acceptors (Lipinski definition) is 11. The molecule has 5 heterocycles. The largest absolute Gasteiger partial charge is 0.477 e. The van der Waals surface area contributed by atoms with Crippen LogP contribution < -0.4 is 27.6 Å². The van der Waals surface area contributed by atoms with Gasteiger partial charge in [0.1, 0.15) is 16.7 Å². The third-order valence-electron chi connectivity index (χ3n) is 13.4. The van der Waals surface area contributed by atoms with Crippen molar-refractivity contribution >= 4 is 148 Å². The van der Waals surface area contributed by atoms with Gasteiger partial charge in [-0.15, -0.1) is 0 Å². The Morgan fingerprint density at radius 3 is 1.29 bits per heavy atom. The van der Waals surface area contributed by atoms with Gasteiger partial charge < -0.3 is 38.6 Å². The summed E-state index contributed by atoms with van der Waals surface area (Å²) >= 11 is 10.6. The van der Waals surface area contributed by atoms with Crippen molar-refractivity contribution in [2.24, 2.45) is 0 Å². The SMILES string of the molecule is COC(=O)c1cc(I)c[nH]c1=O.COC(=O)c1cc(I)cn(Cc2cc(F)c(F)c(F)c2)c1=O.Fc1cc(CBr)cc(F)c1F.O=C(O)c1cc(I)cn(Cc2cc(F)c(F)c(F)c2)c1=O.O=C1Cc2ccc(/C=C/CCC(=O)c3cc(I)cn(Cc4cc(F)c(F)c(F)c4)c3=O)cc2N1. The number of esters is 2. The third-order valence-corrected chi connectivity index (χ3v) is 16.4. The zero-order chi connectivity index (χ0) is 74.1. The molecule has 17 nitrogen and oxygen atoms in total. The van der Waals surface area contributed by atoms with Gasteiger partial charge in [0, 0.05) is 56.5 Å². The molecular formula is C66H44BrF12I4N5O12. The monoisotopic (exact) mass is 1910 g/mol. The van der Waals surface area contributed by atoms with E-state index in [-0.39, 0.29) is 71.1 Å². The fourth-order valence-electron chi connectivity index (χ4n) is 8.76. The highest BCUT2D eigenvalue weighted by atomic mass is 127. The molecule has 100 heavy (non-hydrogen) atoms. The van der Waals surface area contributed by atoms with Crippen LogP contribution >= 0.6 is 106 Å². The molecule has 0 spiro atoms. The van der Waals surface area contributed by atoms with Gasteiger partial charge in [-0.1, -0.05) is 40.2 Å². The average molecular weight is 1910 g/mol. The number of aromatic carboxylic acids is 1. The number of aromatic amines is 1. The predicted molar refractivity (Wildman–Crippen MR) is 376 cm³/mol. The molecule has 0 saturated heterocycles. The smallest absolute Gasteiger partial charge is 0.343 e. The number of halogens is 17. The first-order valence-electron chi connectivity index (χ1n) is 27.8. The molecule has 524 valence electrons. The van der Waals surface area contributed by atoms with Gasteiger partial charge in [0.2, 0.25) is 5.91 Å². The van der Waals surface area contributed by atoms with Crippen LogP contribution in [0.1, 0.15) is 87.7 Å². The molecule has 0 radical (unpaired) electrons. The van der Waals surface area contributed by atoms with Crippen LogP contribution in [0.5, 0.6) is 0 Å². The van der Waals surface area contributed by atoms with E-state index in [9.17, 15) is 95.8 Å². The van der Waals surface area contributed by atoms with Gasteiger partial charge in [0.15, 0.2) is 75.6 Å². The number of carbonyl (C=O) groups excluding carboxylic acids is 4. The summed E-state index contributed by atoms with van der Waals surface area (Å²) < 4.78 is 170. The van der Waals surface area contributed by atoms with Crippen LogP contribution in [0.15, 0.2) is 141 Å². The van der Waals surface area contributed by atoms with Gasteiger partial charge in [0.25, 0.3) is 22.2 Å². The maximum absolute atomic E-state index is 13.5. The lowest BCUT2D eigenvalue weighted by atomic mass is 10.1. The van der Waals surface area contributed by atoms with Crippen molar-refractivity contribution in [3.05, 3.63) is 303 Å². The summed E-state index contributed by atoms with van der Waals surface area (Å²) in [4.78, 5) is 108. The van der Waals surface area contributed by atoms with E-state index in [1.807, 2.05) is 121 Å². The van der Waals surface area contributed by atoms with E-state index in [4.69, 9.17) is 5.11 Å². The summed E-state index contributed by atoms with van der Waals surface area (Å²) in [7, 11) is 2.37. The highest BCUT2D eigenvalue weighted by Crippen LogP contribution is 2.26. The van der Waals surface area contributed by atoms with Crippen LogP contribution in [0.3, 0.4) is 0 Å². The number of aromatic nitrogens is 4. The Morgan fingerprint density at radius 1 is 0.510 bits per heavy atom. The Morgan fingerprint density at radius 2 is 0.880 bits per heavy atom. The minimum absolute atomic E-state index is 0.00633. The van der Waals surface area contributed by atoms with E-state index in [1.165, 1.54) is 60.7 Å². The minimum Gasteiger partial charge on any atom is -0.477 e. The van der Waals surface area contributed by atoms with E-state index in [0.29, 0.717) is 34.4 Å². The number of pyridine rings is 4. The molecule has 1 aliphatic rings. The number of amides is 1. The molecule has 3 N–H and O–H groups in total. The number of anilines is 1. The quantitative estimate of drug-likeness (QED) is 0.0217. The normalized spacial score (nSPS) is 11.2. The number of benzene rings is 5. The number of allylic oxidation sites excluding steroid dienone is 1. The Balaban J connectivity index is 0.000000209. The Bertz CT molecular complexity index is 4870. The Kier molecular flexibility index (Phi) is 29.8. The number of nitrogens with zero attached hydrogens (tertiary/aromatic N) is 3. The second kappa shape index (κ2) is 36.9. The average Bonchev–Trinajstić information content (AvgIpc) is 1.07. The predicted octanol–water partition coefficient (Wildman–Crippen LogP) is 14.2. The van der Waals surface area contributed by atoms with Gasteiger partial charge >= 0.3 is 17.9 Å². The maximum Gasteiger partial charge on any atom is 0.343 e. The summed E-state index contributed by atoms with van der Waals surface area (Å²) in [6.45, 7) is -0.698.